The summed E-state index contributed by atoms with van der Waals surface area (Å²) < 4.78 is 5.66. The number of ether oxygens (including phenoxy) is 1. The van der Waals surface area contributed by atoms with Gasteiger partial charge in [0.15, 0.2) is 0 Å². The number of hydrogen-bond donors (Lipinski definition) is 1. The van der Waals surface area contributed by atoms with Gasteiger partial charge in [0, 0.05) is 12.6 Å². The summed E-state index contributed by atoms with van der Waals surface area (Å²) in [6, 6.07) is 1.77. The highest BCUT2D eigenvalue weighted by molar-refractivity contribution is 6.29. The van der Waals surface area contributed by atoms with Crippen LogP contribution in [0.5, 0.6) is 6.01 Å². The fraction of sp³-hybridized carbons (Fsp3) is 0.600. The number of likely N-dealkylation sites (tertiary alicyclic amines) is 1. The highest BCUT2D eigenvalue weighted by Gasteiger charge is 2.19. The van der Waals surface area contributed by atoms with E-state index in [1.165, 1.54) is 6.07 Å². The first-order valence-corrected chi connectivity index (χ1v) is 5.66. The van der Waals surface area contributed by atoms with Gasteiger partial charge in [-0.05, 0) is 26.4 Å². The number of nitrogens with zero attached hydrogens (tertiary/aromatic N) is 3. The Balaban J connectivity index is 2.02. The van der Waals surface area contributed by atoms with Gasteiger partial charge in [0.25, 0.3) is 0 Å². The Kier molecular flexibility index (Phi) is 3.46. The lowest BCUT2D eigenvalue weighted by atomic mass is 10.1. The van der Waals surface area contributed by atoms with E-state index in [4.69, 9.17) is 22.1 Å². The van der Waals surface area contributed by atoms with Crippen LogP contribution in [0, 0.1) is 0 Å². The molecule has 16 heavy (non-hydrogen) atoms. The molecule has 0 spiro atoms. The van der Waals surface area contributed by atoms with Gasteiger partial charge >= 0.3 is 6.01 Å². The van der Waals surface area contributed by atoms with E-state index in [0.717, 1.165) is 25.9 Å². The quantitative estimate of drug-likeness (QED) is 0.790. The van der Waals surface area contributed by atoms with Gasteiger partial charge in [0.05, 0.1) is 0 Å². The molecule has 2 rings (SSSR count). The maximum Gasteiger partial charge on any atom is 0.320 e. The van der Waals surface area contributed by atoms with Crippen LogP contribution in [-0.2, 0) is 0 Å². The lowest BCUT2D eigenvalue weighted by Crippen LogP contribution is -2.38. The molecule has 0 aromatic carbocycles. The molecule has 1 aromatic heterocycles. The van der Waals surface area contributed by atoms with E-state index in [1.807, 2.05) is 0 Å². The van der Waals surface area contributed by atoms with Crippen LogP contribution in [0.2, 0.25) is 5.15 Å². The number of halogens is 1. The van der Waals surface area contributed by atoms with Crippen molar-refractivity contribution >= 4 is 17.4 Å². The van der Waals surface area contributed by atoms with Crippen LogP contribution in [0.15, 0.2) is 6.07 Å². The normalized spacial score (nSPS) is 22.0. The summed E-state index contributed by atoms with van der Waals surface area (Å²) in [5.74, 6) is 0.333. The van der Waals surface area contributed by atoms with Crippen LogP contribution in [0.1, 0.15) is 12.8 Å². The van der Waals surface area contributed by atoms with Crippen molar-refractivity contribution in [1.82, 2.24) is 14.9 Å². The Bertz CT molecular complexity index is 354. The van der Waals surface area contributed by atoms with Crippen molar-refractivity contribution in [3.05, 3.63) is 11.2 Å². The predicted octanol–water partition coefficient (Wildman–Crippen LogP) is 1.19. The van der Waals surface area contributed by atoms with E-state index in [-0.39, 0.29) is 12.1 Å². The zero-order valence-corrected chi connectivity index (χ0v) is 9.94. The molecule has 1 fully saturated rings. The molecule has 0 aliphatic carbocycles. The summed E-state index contributed by atoms with van der Waals surface area (Å²) >= 11 is 5.77. The van der Waals surface area contributed by atoms with Gasteiger partial charge in [-0.15, -0.1) is 0 Å². The minimum atomic E-state index is 0.122. The number of aromatic nitrogens is 2. The fourth-order valence-electron chi connectivity index (χ4n) is 1.83. The first-order valence-electron chi connectivity index (χ1n) is 5.29. The maximum absolute atomic E-state index is 5.77. The first kappa shape index (κ1) is 11.4. The minimum Gasteiger partial charge on any atom is -0.459 e. The number of hydrogen-bond acceptors (Lipinski definition) is 5. The molecule has 0 bridgehead atoms. The Morgan fingerprint density at radius 3 is 3.06 bits per heavy atom. The maximum atomic E-state index is 5.77. The summed E-state index contributed by atoms with van der Waals surface area (Å²) in [4.78, 5) is 10.2. The summed E-state index contributed by atoms with van der Waals surface area (Å²) in [7, 11) is 2.07. The Morgan fingerprint density at radius 1 is 1.56 bits per heavy atom. The third-order valence-corrected chi connectivity index (χ3v) is 2.74. The Morgan fingerprint density at radius 2 is 2.38 bits per heavy atom. The van der Waals surface area contributed by atoms with Crippen molar-refractivity contribution in [3.8, 4) is 6.01 Å². The van der Waals surface area contributed by atoms with Crippen LogP contribution in [0.3, 0.4) is 0 Å². The average molecular weight is 243 g/mol. The number of likely N-dealkylation sites (N-methyl/N-ethyl adjacent to an activating group) is 1. The predicted molar refractivity (Wildman–Crippen MR) is 62.6 cm³/mol. The van der Waals surface area contributed by atoms with E-state index in [1.54, 1.807) is 0 Å². The van der Waals surface area contributed by atoms with Crippen molar-refractivity contribution in [2.45, 2.75) is 18.9 Å². The van der Waals surface area contributed by atoms with E-state index in [2.05, 4.69) is 21.9 Å². The van der Waals surface area contributed by atoms with Gasteiger partial charge in [0.1, 0.15) is 17.1 Å². The smallest absolute Gasteiger partial charge is 0.320 e. The van der Waals surface area contributed by atoms with Crippen molar-refractivity contribution in [2.75, 3.05) is 25.9 Å². The summed E-state index contributed by atoms with van der Waals surface area (Å²) in [6.45, 7) is 1.99. The zero-order valence-electron chi connectivity index (χ0n) is 9.19. The second kappa shape index (κ2) is 4.84. The molecule has 88 valence electrons. The Labute approximate surface area is 99.6 Å². The SMILES string of the molecule is CN1CCCC(Oc2nc(N)cc(Cl)n2)C1. The molecular formula is C10H15ClN4O. The van der Waals surface area contributed by atoms with E-state index in [9.17, 15) is 0 Å². The summed E-state index contributed by atoms with van der Waals surface area (Å²) in [5.41, 5.74) is 5.57. The van der Waals surface area contributed by atoms with Gasteiger partial charge in [-0.3, -0.25) is 0 Å². The van der Waals surface area contributed by atoms with Crippen LogP contribution in [0.4, 0.5) is 5.82 Å². The zero-order chi connectivity index (χ0) is 11.5. The highest BCUT2D eigenvalue weighted by atomic mass is 35.5. The molecule has 1 atom stereocenters. The van der Waals surface area contributed by atoms with E-state index >= 15 is 0 Å². The van der Waals surface area contributed by atoms with Crippen molar-refractivity contribution < 1.29 is 4.74 Å². The number of piperidine rings is 1. The lowest BCUT2D eigenvalue weighted by molar-refractivity contribution is 0.0957. The number of anilines is 1. The first-order chi connectivity index (χ1) is 7.63. The molecular weight excluding hydrogens is 228 g/mol. The van der Waals surface area contributed by atoms with Crippen molar-refractivity contribution in [2.24, 2.45) is 0 Å². The van der Waals surface area contributed by atoms with Crippen LogP contribution >= 0.6 is 11.6 Å². The molecule has 6 heteroatoms. The Hall–Kier alpha value is -1.07. The molecule has 0 radical (unpaired) electrons. The summed E-state index contributed by atoms with van der Waals surface area (Å²) in [5, 5.41) is 0.312. The molecule has 2 heterocycles. The van der Waals surface area contributed by atoms with Gasteiger partial charge in [-0.2, -0.15) is 9.97 Å². The number of rotatable bonds is 2. The molecule has 1 aliphatic rings. The van der Waals surface area contributed by atoms with Crippen LogP contribution in [0.25, 0.3) is 0 Å². The largest absolute Gasteiger partial charge is 0.459 e. The third kappa shape index (κ3) is 2.96. The van der Waals surface area contributed by atoms with E-state index < -0.39 is 0 Å². The average Bonchev–Trinajstić information content (AvgIpc) is 2.15. The van der Waals surface area contributed by atoms with Gasteiger partial charge < -0.3 is 15.4 Å². The lowest BCUT2D eigenvalue weighted by Gasteiger charge is -2.29. The molecule has 5 nitrogen and oxygen atoms in total. The standard InChI is InChI=1S/C10H15ClN4O/c1-15-4-2-3-7(6-15)16-10-13-8(11)5-9(12)14-10/h5,7H,2-4,6H2,1H3,(H2,12,13,14). The topological polar surface area (TPSA) is 64.3 Å². The molecule has 1 saturated heterocycles. The number of nitrogens with two attached hydrogens (primary N) is 1. The second-order valence-electron chi connectivity index (χ2n) is 4.04. The van der Waals surface area contributed by atoms with Gasteiger partial charge in [-0.1, -0.05) is 11.6 Å². The highest BCUT2D eigenvalue weighted by Crippen LogP contribution is 2.17. The van der Waals surface area contributed by atoms with E-state index in [0.29, 0.717) is 11.0 Å². The van der Waals surface area contributed by atoms with Gasteiger partial charge in [-0.25, -0.2) is 0 Å². The monoisotopic (exact) mass is 242 g/mol. The molecule has 1 unspecified atom stereocenters. The van der Waals surface area contributed by atoms with Crippen molar-refractivity contribution in [3.63, 3.8) is 0 Å². The summed E-state index contributed by atoms with van der Waals surface area (Å²) in [6.07, 6.45) is 2.26. The molecule has 0 saturated carbocycles. The van der Waals surface area contributed by atoms with Gasteiger partial charge in [0.2, 0.25) is 0 Å². The second-order valence-corrected chi connectivity index (χ2v) is 4.43. The fourth-order valence-corrected chi connectivity index (χ4v) is 2.01. The molecule has 1 aromatic rings. The molecule has 1 aliphatic heterocycles. The van der Waals surface area contributed by atoms with Crippen LogP contribution < -0.4 is 10.5 Å². The minimum absolute atomic E-state index is 0.122. The van der Waals surface area contributed by atoms with Crippen molar-refractivity contribution in [1.29, 1.82) is 0 Å². The molecule has 2 N–H and O–H groups in total. The van der Waals surface area contributed by atoms with Crippen LogP contribution in [-0.4, -0.2) is 41.1 Å². The molecule has 0 amide bonds. The third-order valence-electron chi connectivity index (χ3n) is 2.55. The number of nitrogen functional groups attached to an aromatic ring is 1.